The predicted octanol–water partition coefficient (Wildman–Crippen LogP) is 30.7. The highest BCUT2D eigenvalue weighted by atomic mass is 16.2. The zero-order chi connectivity index (χ0) is 80.0. The lowest BCUT2D eigenvalue weighted by atomic mass is 9.74. The number of unbranched alkanes of at least 4 members (excludes halogenated alkanes) is 66. The van der Waals surface area contributed by atoms with E-state index in [0.29, 0.717) is 38.9 Å². The van der Waals surface area contributed by atoms with Crippen molar-refractivity contribution < 1.29 is 14.4 Å². The van der Waals surface area contributed by atoms with Gasteiger partial charge in [0.2, 0.25) is 17.7 Å². The Morgan fingerprint density at radius 1 is 0.171 bits per heavy atom. The second kappa shape index (κ2) is 89.1. The van der Waals surface area contributed by atoms with Crippen LogP contribution in [0.5, 0.6) is 0 Å². The highest BCUT2D eigenvalue weighted by Crippen LogP contribution is 2.35. The van der Waals surface area contributed by atoms with Gasteiger partial charge in [-0.1, -0.05) is 465 Å². The Labute approximate surface area is 697 Å². The molecule has 0 unspecified atom stereocenters. The first-order valence-corrected chi connectivity index (χ1v) is 51.8. The average molecular weight is 1560 g/mol. The number of carbonyl (C=O) groups excluding carboxylic acids is 3. The number of nitrogens with one attached hydrogen (secondary N) is 3. The van der Waals surface area contributed by atoms with Crippen molar-refractivity contribution in [2.24, 2.45) is 17.8 Å². The minimum Gasteiger partial charge on any atom is -0.356 e. The summed E-state index contributed by atoms with van der Waals surface area (Å²) in [4.78, 5) is 51.8. The van der Waals surface area contributed by atoms with Crippen molar-refractivity contribution in [1.82, 2.24) is 30.7 Å². The molecule has 3 amide bonds. The Kier molecular flexibility index (Phi) is 86.1. The summed E-state index contributed by atoms with van der Waals surface area (Å²) < 4.78 is 0. The van der Waals surface area contributed by atoms with Crippen LogP contribution in [-0.4, -0.2) is 111 Å². The van der Waals surface area contributed by atoms with E-state index in [1.54, 1.807) is 0 Å². The van der Waals surface area contributed by atoms with Crippen molar-refractivity contribution >= 4 is 17.7 Å². The highest BCUT2D eigenvalue weighted by Gasteiger charge is 2.39. The van der Waals surface area contributed by atoms with Crippen molar-refractivity contribution in [2.75, 3.05) is 78.5 Å². The van der Waals surface area contributed by atoms with E-state index in [2.05, 4.69) is 72.2 Å². The van der Waals surface area contributed by atoms with E-state index in [4.69, 9.17) is 0 Å². The van der Waals surface area contributed by atoms with Crippen LogP contribution in [0.3, 0.4) is 0 Å². The third kappa shape index (κ3) is 75.5. The molecule has 1 aliphatic rings. The summed E-state index contributed by atoms with van der Waals surface area (Å²) in [5.41, 5.74) is 0. The van der Waals surface area contributed by atoms with Gasteiger partial charge in [0, 0.05) is 37.4 Å². The lowest BCUT2D eigenvalue weighted by Gasteiger charge is -2.33. The van der Waals surface area contributed by atoms with Crippen molar-refractivity contribution in [1.29, 1.82) is 0 Å². The van der Waals surface area contributed by atoms with E-state index in [-0.39, 0.29) is 35.5 Å². The highest BCUT2D eigenvalue weighted by molar-refractivity contribution is 5.86. The van der Waals surface area contributed by atoms with Crippen LogP contribution in [0.25, 0.3) is 0 Å². The van der Waals surface area contributed by atoms with Gasteiger partial charge >= 0.3 is 0 Å². The van der Waals surface area contributed by atoms with E-state index in [0.717, 1.165) is 78.2 Å². The Morgan fingerprint density at radius 3 is 0.405 bits per heavy atom. The van der Waals surface area contributed by atoms with Gasteiger partial charge in [0.25, 0.3) is 0 Å². The molecule has 0 aromatic heterocycles. The van der Waals surface area contributed by atoms with Gasteiger partial charge in [0.05, 0.1) is 0 Å². The first-order chi connectivity index (χ1) is 54.8. The summed E-state index contributed by atoms with van der Waals surface area (Å²) in [7, 11) is 0. The normalized spacial score (nSPS) is 14.6. The zero-order valence-corrected chi connectivity index (χ0v) is 76.9. The molecule has 0 aliphatic heterocycles. The molecule has 0 radical (unpaired) electrons. The second-order valence-electron chi connectivity index (χ2n) is 36.6. The van der Waals surface area contributed by atoms with Gasteiger partial charge in [-0.3, -0.25) is 14.4 Å². The molecule has 3 N–H and O–H groups in total. The molecule has 9 nitrogen and oxygen atoms in total. The smallest absolute Gasteiger partial charge is 0.223 e. The Balaban J connectivity index is 3.15. The predicted molar refractivity (Wildman–Crippen MR) is 493 cm³/mol. The fourth-order valence-electron chi connectivity index (χ4n) is 18.0. The van der Waals surface area contributed by atoms with E-state index >= 15 is 0 Å². The zero-order valence-electron chi connectivity index (χ0n) is 76.9. The second-order valence-corrected chi connectivity index (χ2v) is 36.6. The maximum atomic E-state index is 14.6. The molecule has 1 fully saturated rings. The number of rotatable bonds is 93. The number of nitrogens with zero attached hydrogens (tertiary/aromatic N) is 3. The van der Waals surface area contributed by atoms with Crippen LogP contribution in [0, 0.1) is 17.8 Å². The van der Waals surface area contributed by atoms with Crippen LogP contribution in [0.1, 0.15) is 542 Å². The fourth-order valence-corrected chi connectivity index (χ4v) is 18.0. The molecular formula is C102H204N6O3. The number of hydrogen-bond donors (Lipinski definition) is 3. The van der Waals surface area contributed by atoms with Crippen molar-refractivity contribution in [3.8, 4) is 0 Å². The lowest BCUT2D eigenvalue weighted by molar-refractivity contribution is -0.135. The molecule has 0 atom stereocenters. The molecule has 0 spiro atoms. The lowest BCUT2D eigenvalue weighted by Crippen LogP contribution is -2.45. The molecule has 0 bridgehead atoms. The van der Waals surface area contributed by atoms with Gasteiger partial charge in [-0.25, -0.2) is 0 Å². The maximum Gasteiger partial charge on any atom is 0.223 e. The molecule has 0 saturated heterocycles. The minimum atomic E-state index is -0.341. The Morgan fingerprint density at radius 2 is 0.279 bits per heavy atom. The monoisotopic (exact) mass is 1560 g/mol. The molecule has 1 saturated carbocycles. The summed E-state index contributed by atoms with van der Waals surface area (Å²) in [5, 5.41) is 10.3. The first-order valence-electron chi connectivity index (χ1n) is 51.8. The van der Waals surface area contributed by atoms with Crippen LogP contribution in [0.4, 0.5) is 0 Å². The summed E-state index contributed by atoms with van der Waals surface area (Å²) >= 11 is 0. The molecule has 0 aromatic rings. The van der Waals surface area contributed by atoms with Crippen LogP contribution < -0.4 is 16.0 Å². The number of hydrogen-bond acceptors (Lipinski definition) is 6. The van der Waals surface area contributed by atoms with E-state index < -0.39 is 0 Å². The van der Waals surface area contributed by atoms with Crippen molar-refractivity contribution in [3.63, 3.8) is 0 Å². The van der Waals surface area contributed by atoms with Crippen LogP contribution in [-0.2, 0) is 14.4 Å². The number of carbonyl (C=O) groups is 3. The first kappa shape index (κ1) is 107. The minimum absolute atomic E-state index is 0.0521. The maximum absolute atomic E-state index is 14.6. The molecule has 1 aliphatic carbocycles. The Hall–Kier alpha value is -1.71. The Bertz CT molecular complexity index is 1560. The molecule has 0 heterocycles. The molecule has 0 aromatic carbocycles. The summed E-state index contributed by atoms with van der Waals surface area (Å²) in [6.45, 7) is 25.8. The van der Waals surface area contributed by atoms with Crippen LogP contribution in [0.2, 0.25) is 0 Å². The molecule has 111 heavy (non-hydrogen) atoms. The van der Waals surface area contributed by atoms with E-state index in [1.165, 1.54) is 462 Å². The summed E-state index contributed by atoms with van der Waals surface area (Å²) in [5.74, 6) is -0.867. The van der Waals surface area contributed by atoms with Gasteiger partial charge in [-0.2, -0.15) is 0 Å². The number of amides is 3. The van der Waals surface area contributed by atoms with Crippen LogP contribution >= 0.6 is 0 Å². The fraction of sp³-hybridized carbons (Fsp3) is 0.971. The third-order valence-electron chi connectivity index (χ3n) is 25.6. The average Bonchev–Trinajstić information content (AvgIpc) is 0.827. The van der Waals surface area contributed by atoms with E-state index in [9.17, 15) is 14.4 Å². The van der Waals surface area contributed by atoms with E-state index in [1.807, 2.05) is 0 Å². The third-order valence-corrected chi connectivity index (χ3v) is 25.6. The van der Waals surface area contributed by atoms with Gasteiger partial charge in [0.15, 0.2) is 0 Å². The quantitative estimate of drug-likeness (QED) is 0.0525. The molecular weight excluding hydrogens is 1360 g/mol. The standard InChI is InChI=1S/C102H204N6O3/c1-7-13-19-25-31-37-43-49-55-61-67-73-85-106(86-74-68-62-56-50-44-38-32-26-20-14-8-2)91-79-82-103-100(109)97-94-98(101(110)104-83-80-92-107(87-75-69-63-57-51-45-39-33-27-21-15-9-3)88-76-70-64-58-52-46-40-34-28-22-16-10-4)96-99(95-97)102(111)105-84-81-93-108(89-77-71-65-59-53-47-41-35-29-23-17-11-5)90-78-72-66-60-54-48-42-36-30-24-18-12-6/h97-99H,7-96H2,1-6H3,(H,103,109)(H,104,110)(H,105,111)/t97-,98+,99-. The summed E-state index contributed by atoms with van der Waals surface area (Å²) in [6, 6.07) is 0. The van der Waals surface area contributed by atoms with Crippen molar-refractivity contribution in [2.45, 2.75) is 542 Å². The summed E-state index contributed by atoms with van der Waals surface area (Å²) in [6.07, 6.45) is 103. The van der Waals surface area contributed by atoms with Gasteiger partial charge < -0.3 is 30.7 Å². The van der Waals surface area contributed by atoms with Crippen LogP contribution in [0.15, 0.2) is 0 Å². The molecule has 660 valence electrons. The molecule has 1 rings (SSSR count). The van der Waals surface area contributed by atoms with Gasteiger partial charge in [-0.15, -0.1) is 0 Å². The SMILES string of the molecule is CCCCCCCCCCCCCCN(CCCCCCCCCCCCCC)CCCNC(=O)[C@H]1C[C@@H](C(=O)NCCCN(CCCCCCCCCCCCCC)CCCCCCCCCCCCCC)C[C@@H](C(=O)NCCCN(CCCCCCCCCCCCCC)CCCCCCCCCCCCCC)C1. The molecule has 9 heteroatoms. The van der Waals surface area contributed by atoms with Gasteiger partial charge in [-0.05, 0) is 136 Å². The largest absolute Gasteiger partial charge is 0.356 e. The topological polar surface area (TPSA) is 97.0 Å². The van der Waals surface area contributed by atoms with Gasteiger partial charge in [0.1, 0.15) is 0 Å². The van der Waals surface area contributed by atoms with Crippen molar-refractivity contribution in [3.05, 3.63) is 0 Å².